The van der Waals surface area contributed by atoms with Crippen LogP contribution < -0.4 is 4.72 Å². The van der Waals surface area contributed by atoms with Crippen LogP contribution in [0.3, 0.4) is 0 Å². The number of nitrogens with one attached hydrogen (secondary N) is 1. The number of hydrogen-bond acceptors (Lipinski definition) is 2. The first-order chi connectivity index (χ1) is 15.2. The number of benzene rings is 2. The van der Waals surface area contributed by atoms with Gasteiger partial charge in [0.2, 0.25) is 0 Å². The molecule has 0 bridgehead atoms. The fraction of sp³-hybridized carbons (Fsp3) is 0.440. The summed E-state index contributed by atoms with van der Waals surface area (Å²) in [7, 11) is 0. The van der Waals surface area contributed by atoms with E-state index in [9.17, 15) is 17.7 Å². The van der Waals surface area contributed by atoms with Gasteiger partial charge in [0.05, 0.1) is 11.6 Å². The Bertz CT molecular complexity index is 1130. The van der Waals surface area contributed by atoms with Crippen molar-refractivity contribution in [1.29, 1.82) is 0 Å². The molecule has 0 saturated carbocycles. The molecule has 1 N–H and O–H groups in total. The molecule has 3 aromatic rings. The normalized spacial score (nSPS) is 14.8. The van der Waals surface area contributed by atoms with Crippen LogP contribution in [0.15, 0.2) is 42.6 Å². The second-order valence-electron chi connectivity index (χ2n) is 9.74. The van der Waals surface area contributed by atoms with Crippen molar-refractivity contribution in [2.24, 2.45) is 5.92 Å². The van der Waals surface area contributed by atoms with E-state index < -0.39 is 33.7 Å². The molecule has 0 aliphatic heterocycles. The quantitative estimate of drug-likeness (QED) is 0.297. The van der Waals surface area contributed by atoms with Gasteiger partial charge in [0.25, 0.3) is 0 Å². The molecule has 0 spiro atoms. The molecule has 3 nitrogen and oxygen atoms in total. The molecule has 1 heterocycles. The predicted molar refractivity (Wildman–Crippen MR) is 127 cm³/mol. The number of fused-ring (bicyclic) bond motifs is 1. The SMILES string of the molecule is CC(C)Cn1cc([C@@H](C)N[S@@+]([O-])C(C)(C)C)c2cc(F)c(-c3ccccc3C(F)(F)F)cc21. The zero-order valence-electron chi connectivity index (χ0n) is 19.7. The van der Waals surface area contributed by atoms with Crippen molar-refractivity contribution in [3.05, 3.63) is 59.5 Å². The van der Waals surface area contributed by atoms with Gasteiger partial charge in [-0.05, 0) is 62.9 Å². The zero-order valence-corrected chi connectivity index (χ0v) is 20.5. The monoisotopic (exact) mass is 482 g/mol. The first kappa shape index (κ1) is 25.6. The van der Waals surface area contributed by atoms with E-state index in [2.05, 4.69) is 4.72 Å². The van der Waals surface area contributed by atoms with Crippen molar-refractivity contribution >= 4 is 22.3 Å². The molecular formula is C25H30F4N2OS. The molecule has 0 aliphatic rings. The summed E-state index contributed by atoms with van der Waals surface area (Å²) >= 11 is -1.34. The van der Waals surface area contributed by atoms with Crippen LogP contribution in [0.2, 0.25) is 0 Å². The van der Waals surface area contributed by atoms with Crippen LogP contribution in [0.1, 0.15) is 58.7 Å². The van der Waals surface area contributed by atoms with Gasteiger partial charge >= 0.3 is 6.18 Å². The van der Waals surface area contributed by atoms with E-state index in [-0.39, 0.29) is 23.1 Å². The van der Waals surface area contributed by atoms with Gasteiger partial charge in [-0.15, -0.1) is 4.72 Å². The summed E-state index contributed by atoms with van der Waals surface area (Å²) in [6, 6.07) is 7.46. The van der Waals surface area contributed by atoms with Crippen molar-refractivity contribution in [2.75, 3.05) is 0 Å². The van der Waals surface area contributed by atoms with Gasteiger partial charge in [0.1, 0.15) is 10.6 Å². The van der Waals surface area contributed by atoms with Crippen LogP contribution in [0, 0.1) is 11.7 Å². The molecule has 0 saturated heterocycles. The van der Waals surface area contributed by atoms with Crippen molar-refractivity contribution < 1.29 is 22.1 Å². The smallest absolute Gasteiger partial charge is 0.417 e. The second kappa shape index (κ2) is 9.31. The molecule has 2 atom stereocenters. The Hall–Kier alpha value is -2.03. The lowest BCUT2D eigenvalue weighted by Gasteiger charge is -2.26. The number of rotatable bonds is 6. The van der Waals surface area contributed by atoms with E-state index in [1.165, 1.54) is 30.3 Å². The first-order valence-electron chi connectivity index (χ1n) is 10.9. The Morgan fingerprint density at radius 2 is 1.67 bits per heavy atom. The molecule has 0 amide bonds. The molecule has 8 heteroatoms. The van der Waals surface area contributed by atoms with Crippen molar-refractivity contribution in [3.8, 4) is 11.1 Å². The summed E-state index contributed by atoms with van der Waals surface area (Å²) in [5.74, 6) is -0.469. The lowest BCUT2D eigenvalue weighted by Crippen LogP contribution is -2.40. The highest BCUT2D eigenvalue weighted by Gasteiger charge is 2.34. The van der Waals surface area contributed by atoms with E-state index in [1.54, 1.807) is 0 Å². The number of halogens is 4. The Kier molecular flexibility index (Phi) is 7.22. The predicted octanol–water partition coefficient (Wildman–Crippen LogP) is 7.24. The molecular weight excluding hydrogens is 452 g/mol. The largest absolute Gasteiger partial charge is 0.598 e. The lowest BCUT2D eigenvalue weighted by molar-refractivity contribution is -0.137. The molecule has 180 valence electrons. The van der Waals surface area contributed by atoms with Gasteiger partial charge in [0.15, 0.2) is 0 Å². The molecule has 0 unspecified atom stereocenters. The summed E-state index contributed by atoms with van der Waals surface area (Å²) in [5, 5.41) is 0.590. The van der Waals surface area contributed by atoms with Crippen LogP contribution in [-0.2, 0) is 24.1 Å². The fourth-order valence-corrected chi connectivity index (χ4v) is 4.60. The maximum Gasteiger partial charge on any atom is 0.417 e. The number of aromatic nitrogens is 1. The number of hydrogen-bond donors (Lipinski definition) is 1. The third-order valence-electron chi connectivity index (χ3n) is 5.39. The minimum Gasteiger partial charge on any atom is -0.598 e. The highest BCUT2D eigenvalue weighted by molar-refractivity contribution is 7.90. The molecule has 0 aliphatic carbocycles. The van der Waals surface area contributed by atoms with Gasteiger partial charge in [-0.25, -0.2) is 4.39 Å². The highest BCUT2D eigenvalue weighted by atomic mass is 32.2. The Morgan fingerprint density at radius 1 is 1.03 bits per heavy atom. The summed E-state index contributed by atoms with van der Waals surface area (Å²) in [6.45, 7) is 12.1. The summed E-state index contributed by atoms with van der Waals surface area (Å²) in [4.78, 5) is 0. The highest BCUT2D eigenvalue weighted by Crippen LogP contribution is 2.40. The van der Waals surface area contributed by atoms with E-state index in [4.69, 9.17) is 0 Å². The summed E-state index contributed by atoms with van der Waals surface area (Å²) < 4.78 is 73.2. The summed E-state index contributed by atoms with van der Waals surface area (Å²) in [5.41, 5.74) is 0.230. The van der Waals surface area contributed by atoms with Gasteiger partial charge in [-0.1, -0.05) is 32.0 Å². The Labute approximate surface area is 195 Å². The average molecular weight is 483 g/mol. The van der Waals surface area contributed by atoms with Crippen molar-refractivity contribution in [2.45, 2.75) is 65.1 Å². The van der Waals surface area contributed by atoms with Crippen LogP contribution in [0.4, 0.5) is 17.6 Å². The lowest BCUT2D eigenvalue weighted by atomic mass is 9.96. The van der Waals surface area contributed by atoms with Crippen LogP contribution in [0.25, 0.3) is 22.0 Å². The van der Waals surface area contributed by atoms with Crippen LogP contribution in [0.5, 0.6) is 0 Å². The van der Waals surface area contributed by atoms with E-state index in [1.807, 2.05) is 52.3 Å². The van der Waals surface area contributed by atoms with E-state index in [0.29, 0.717) is 17.4 Å². The first-order valence-corrected chi connectivity index (χ1v) is 12.0. The number of nitrogens with zero attached hydrogens (tertiary/aromatic N) is 1. The fourth-order valence-electron chi connectivity index (χ4n) is 3.80. The van der Waals surface area contributed by atoms with E-state index in [0.717, 1.165) is 11.6 Å². The topological polar surface area (TPSA) is 40.0 Å². The van der Waals surface area contributed by atoms with Gasteiger partial charge in [0, 0.05) is 40.6 Å². The zero-order chi connectivity index (χ0) is 24.7. The third-order valence-corrected chi connectivity index (χ3v) is 7.07. The minimum absolute atomic E-state index is 0.0936. The maximum absolute atomic E-state index is 15.3. The van der Waals surface area contributed by atoms with Gasteiger partial charge in [-0.3, -0.25) is 0 Å². The third kappa shape index (κ3) is 5.55. The van der Waals surface area contributed by atoms with Crippen molar-refractivity contribution in [1.82, 2.24) is 9.29 Å². The Morgan fingerprint density at radius 3 is 2.24 bits per heavy atom. The minimum atomic E-state index is -4.60. The van der Waals surface area contributed by atoms with Crippen molar-refractivity contribution in [3.63, 3.8) is 0 Å². The average Bonchev–Trinajstić information content (AvgIpc) is 3.02. The molecule has 1 aromatic heterocycles. The summed E-state index contributed by atoms with van der Waals surface area (Å²) in [6.07, 6.45) is -2.72. The second-order valence-corrected chi connectivity index (χ2v) is 11.7. The van der Waals surface area contributed by atoms with Gasteiger partial charge in [-0.2, -0.15) is 13.2 Å². The number of alkyl halides is 3. The Balaban J connectivity index is 2.19. The standard InChI is InChI=1S/C25H30F4N2OS/c1-15(2)13-31-14-20(16(3)30-33(32)24(4,5)6)19-11-22(26)18(12-23(19)31)17-9-7-8-10-21(17)25(27,28)29/h7-12,14-16,30H,13H2,1-6H3/t16-,33+/m1/s1. The van der Waals surface area contributed by atoms with Crippen LogP contribution >= 0.6 is 0 Å². The molecule has 0 fully saturated rings. The van der Waals surface area contributed by atoms with Gasteiger partial charge < -0.3 is 9.12 Å². The molecule has 33 heavy (non-hydrogen) atoms. The molecule has 2 aromatic carbocycles. The molecule has 0 radical (unpaired) electrons. The van der Waals surface area contributed by atoms with E-state index >= 15 is 4.39 Å². The maximum atomic E-state index is 15.3. The molecule has 3 rings (SSSR count). The van der Waals surface area contributed by atoms with Crippen LogP contribution in [-0.4, -0.2) is 13.9 Å².